The van der Waals surface area contributed by atoms with Crippen molar-refractivity contribution in [2.45, 2.75) is 64.0 Å². The van der Waals surface area contributed by atoms with Gasteiger partial charge in [0, 0.05) is 17.9 Å². The van der Waals surface area contributed by atoms with Crippen LogP contribution in [0.4, 0.5) is 0 Å². The van der Waals surface area contributed by atoms with E-state index in [-0.39, 0.29) is 42.2 Å². The predicted molar refractivity (Wildman–Crippen MR) is 84.6 cm³/mol. The van der Waals surface area contributed by atoms with Gasteiger partial charge in [-0.25, -0.2) is 0 Å². The van der Waals surface area contributed by atoms with Crippen molar-refractivity contribution in [1.82, 2.24) is 15.5 Å². The molecule has 0 radical (unpaired) electrons. The molecule has 1 amide bonds. The Morgan fingerprint density at radius 2 is 2.05 bits per heavy atom. The van der Waals surface area contributed by atoms with Crippen LogP contribution in [0.3, 0.4) is 0 Å². The Balaban J connectivity index is 0.00000176. The number of nitrogens with one attached hydrogen (secondary N) is 1. The molecule has 1 aromatic rings. The molecule has 3 N–H and O–H groups in total. The molecule has 2 saturated carbocycles. The van der Waals surface area contributed by atoms with Gasteiger partial charge in [0.05, 0.1) is 0 Å². The smallest absolute Gasteiger partial charge is 0.249 e. The molecule has 7 heteroatoms. The molecule has 6 nitrogen and oxygen atoms in total. The highest BCUT2D eigenvalue weighted by Crippen LogP contribution is 2.38. The van der Waals surface area contributed by atoms with Crippen molar-refractivity contribution in [1.29, 1.82) is 0 Å². The molecule has 0 saturated heterocycles. The van der Waals surface area contributed by atoms with Crippen LogP contribution in [0.15, 0.2) is 4.52 Å². The van der Waals surface area contributed by atoms with E-state index in [0.717, 1.165) is 37.9 Å². The minimum absolute atomic E-state index is 0. The molecule has 2 fully saturated rings. The Hall–Kier alpha value is -1.14. The van der Waals surface area contributed by atoms with Crippen LogP contribution < -0.4 is 11.1 Å². The average molecular weight is 329 g/mol. The Morgan fingerprint density at radius 3 is 2.59 bits per heavy atom. The van der Waals surface area contributed by atoms with Crippen LogP contribution in [0.5, 0.6) is 0 Å². The van der Waals surface area contributed by atoms with E-state index in [2.05, 4.69) is 15.5 Å². The molecule has 0 aliphatic heterocycles. The maximum atomic E-state index is 12.4. The number of nitrogens with two attached hydrogens (primary N) is 1. The van der Waals surface area contributed by atoms with E-state index < -0.39 is 0 Å². The van der Waals surface area contributed by atoms with Gasteiger partial charge in [-0.05, 0) is 38.0 Å². The summed E-state index contributed by atoms with van der Waals surface area (Å²) in [5.74, 6) is 2.06. The van der Waals surface area contributed by atoms with Gasteiger partial charge in [-0.2, -0.15) is 4.98 Å². The first-order chi connectivity index (χ1) is 10.0. The zero-order valence-electron chi connectivity index (χ0n) is 13.1. The summed E-state index contributed by atoms with van der Waals surface area (Å²) in [6, 6.07) is -0.0579. The number of carbonyl (C=O) groups is 1. The van der Waals surface area contributed by atoms with E-state index in [1.807, 2.05) is 13.8 Å². The Labute approximate surface area is 137 Å². The summed E-state index contributed by atoms with van der Waals surface area (Å²) in [6.45, 7) is 4.10. The zero-order chi connectivity index (χ0) is 15.0. The monoisotopic (exact) mass is 328 g/mol. The number of hydrogen-bond donors (Lipinski definition) is 2. The molecule has 3 unspecified atom stereocenters. The average Bonchev–Trinajstić information content (AvgIpc) is 3.01. The fourth-order valence-corrected chi connectivity index (χ4v) is 2.92. The standard InChI is InChI=1S/C15H24N4O2.ClH/c1-8(2)12(15-18-13(19-21-15)9-3-4-9)17-14(20)10-5-6-11(16)7-10;/h8-12H,3-7,16H2,1-2H3,(H,17,20);1H. The van der Waals surface area contributed by atoms with Gasteiger partial charge in [-0.15, -0.1) is 12.4 Å². The summed E-state index contributed by atoms with van der Waals surface area (Å²) < 4.78 is 5.37. The summed E-state index contributed by atoms with van der Waals surface area (Å²) in [4.78, 5) is 16.8. The molecule has 1 aromatic heterocycles. The third-order valence-electron chi connectivity index (χ3n) is 4.47. The molecular formula is C15H25ClN4O2. The van der Waals surface area contributed by atoms with Crippen LogP contribution in [0, 0.1) is 11.8 Å². The van der Waals surface area contributed by atoms with Gasteiger partial charge in [-0.1, -0.05) is 19.0 Å². The summed E-state index contributed by atoms with van der Waals surface area (Å²) >= 11 is 0. The van der Waals surface area contributed by atoms with Gasteiger partial charge >= 0.3 is 0 Å². The third-order valence-corrected chi connectivity index (χ3v) is 4.47. The molecular weight excluding hydrogens is 304 g/mol. The van der Waals surface area contributed by atoms with Crippen molar-refractivity contribution in [3.63, 3.8) is 0 Å². The lowest BCUT2D eigenvalue weighted by atomic mass is 10.0. The Morgan fingerprint density at radius 1 is 1.32 bits per heavy atom. The molecule has 2 aliphatic carbocycles. The minimum Gasteiger partial charge on any atom is -0.344 e. The van der Waals surface area contributed by atoms with E-state index in [1.54, 1.807) is 0 Å². The SMILES string of the molecule is CC(C)C(NC(=O)C1CCC(N)C1)c1nc(C2CC2)no1.Cl. The number of halogens is 1. The normalized spacial score (nSPS) is 25.8. The molecule has 2 aliphatic rings. The number of rotatable bonds is 5. The largest absolute Gasteiger partial charge is 0.344 e. The lowest BCUT2D eigenvalue weighted by Gasteiger charge is -2.20. The van der Waals surface area contributed by atoms with Crippen LogP contribution in [-0.2, 0) is 4.79 Å². The van der Waals surface area contributed by atoms with Crippen molar-refractivity contribution >= 4 is 18.3 Å². The minimum atomic E-state index is -0.214. The van der Waals surface area contributed by atoms with Crippen LogP contribution in [0.25, 0.3) is 0 Å². The first-order valence-corrected chi connectivity index (χ1v) is 7.94. The van der Waals surface area contributed by atoms with E-state index in [9.17, 15) is 4.79 Å². The molecule has 0 bridgehead atoms. The van der Waals surface area contributed by atoms with Crippen LogP contribution in [-0.4, -0.2) is 22.1 Å². The van der Waals surface area contributed by atoms with Crippen LogP contribution in [0.1, 0.15) is 69.6 Å². The van der Waals surface area contributed by atoms with Crippen molar-refractivity contribution in [3.05, 3.63) is 11.7 Å². The van der Waals surface area contributed by atoms with Gasteiger partial charge < -0.3 is 15.6 Å². The number of aromatic nitrogens is 2. The third kappa shape index (κ3) is 3.79. The van der Waals surface area contributed by atoms with Gasteiger partial charge in [0.15, 0.2) is 5.82 Å². The number of nitrogens with zero attached hydrogens (tertiary/aromatic N) is 2. The van der Waals surface area contributed by atoms with Crippen molar-refractivity contribution in [3.8, 4) is 0 Å². The first-order valence-electron chi connectivity index (χ1n) is 7.94. The molecule has 3 rings (SSSR count). The fraction of sp³-hybridized carbons (Fsp3) is 0.800. The highest BCUT2D eigenvalue weighted by atomic mass is 35.5. The second kappa shape index (κ2) is 6.96. The van der Waals surface area contributed by atoms with Crippen molar-refractivity contribution < 1.29 is 9.32 Å². The number of hydrogen-bond acceptors (Lipinski definition) is 5. The molecule has 3 atom stereocenters. The maximum absolute atomic E-state index is 12.4. The molecule has 1 heterocycles. The second-order valence-corrected chi connectivity index (χ2v) is 6.77. The van der Waals surface area contributed by atoms with Crippen molar-refractivity contribution in [2.24, 2.45) is 17.6 Å². The fourth-order valence-electron chi connectivity index (χ4n) is 2.92. The highest BCUT2D eigenvalue weighted by Gasteiger charge is 2.34. The Bertz CT molecular complexity index is 515. The van der Waals surface area contributed by atoms with E-state index in [1.165, 1.54) is 0 Å². The molecule has 0 aromatic carbocycles. The predicted octanol–water partition coefficient (Wildman–Crippen LogP) is 2.31. The first kappa shape index (κ1) is 17.2. The summed E-state index contributed by atoms with van der Waals surface area (Å²) in [5, 5.41) is 7.12. The second-order valence-electron chi connectivity index (χ2n) is 6.77. The zero-order valence-corrected chi connectivity index (χ0v) is 13.9. The van der Waals surface area contributed by atoms with Gasteiger partial charge in [-0.3, -0.25) is 4.79 Å². The Kier molecular flexibility index (Phi) is 5.45. The summed E-state index contributed by atoms with van der Waals surface area (Å²) in [6.07, 6.45) is 4.84. The lowest BCUT2D eigenvalue weighted by Crippen LogP contribution is -2.36. The molecule has 22 heavy (non-hydrogen) atoms. The summed E-state index contributed by atoms with van der Waals surface area (Å²) in [5.41, 5.74) is 5.89. The molecule has 0 spiro atoms. The van der Waals surface area contributed by atoms with Gasteiger partial charge in [0.2, 0.25) is 11.8 Å². The van der Waals surface area contributed by atoms with Gasteiger partial charge in [0.1, 0.15) is 6.04 Å². The van der Waals surface area contributed by atoms with E-state index in [4.69, 9.17) is 10.3 Å². The van der Waals surface area contributed by atoms with Crippen molar-refractivity contribution in [2.75, 3.05) is 0 Å². The number of carbonyl (C=O) groups excluding carboxylic acids is 1. The quantitative estimate of drug-likeness (QED) is 0.865. The number of amides is 1. The lowest BCUT2D eigenvalue weighted by molar-refractivity contribution is -0.126. The van der Waals surface area contributed by atoms with Crippen LogP contribution in [0.2, 0.25) is 0 Å². The van der Waals surface area contributed by atoms with Crippen LogP contribution >= 0.6 is 12.4 Å². The topological polar surface area (TPSA) is 94.0 Å². The summed E-state index contributed by atoms with van der Waals surface area (Å²) in [7, 11) is 0. The van der Waals surface area contributed by atoms with Gasteiger partial charge in [0.25, 0.3) is 0 Å². The maximum Gasteiger partial charge on any atom is 0.249 e. The highest BCUT2D eigenvalue weighted by molar-refractivity contribution is 5.85. The van der Waals surface area contributed by atoms with E-state index >= 15 is 0 Å². The van der Waals surface area contributed by atoms with E-state index in [0.29, 0.717) is 11.8 Å². The molecule has 124 valence electrons.